The van der Waals surface area contributed by atoms with Crippen LogP contribution in [0.3, 0.4) is 0 Å². The summed E-state index contributed by atoms with van der Waals surface area (Å²) in [4.78, 5) is 14.4. The van der Waals surface area contributed by atoms with E-state index in [1.807, 2.05) is 36.1 Å². The molecule has 0 radical (unpaired) electrons. The third kappa shape index (κ3) is 4.69. The number of nitrogens with zero attached hydrogens (tertiary/aromatic N) is 2. The Morgan fingerprint density at radius 1 is 1.13 bits per heavy atom. The number of hydrogen-bond donors (Lipinski definition) is 0. The van der Waals surface area contributed by atoms with Crippen molar-refractivity contribution in [1.29, 1.82) is 5.26 Å². The van der Waals surface area contributed by atoms with Gasteiger partial charge in [0, 0.05) is 19.5 Å². The first-order valence-corrected chi connectivity index (χ1v) is 7.95. The minimum absolute atomic E-state index is 0.167. The number of benzene rings is 2. The molecule has 0 aromatic heterocycles. The number of nitriles is 1. The summed E-state index contributed by atoms with van der Waals surface area (Å²) in [7, 11) is 0. The Morgan fingerprint density at radius 2 is 1.83 bits per heavy atom. The van der Waals surface area contributed by atoms with E-state index in [1.165, 1.54) is 11.1 Å². The van der Waals surface area contributed by atoms with Gasteiger partial charge in [-0.15, -0.1) is 0 Å². The fourth-order valence-electron chi connectivity index (χ4n) is 2.52. The Labute approximate surface area is 138 Å². The number of rotatable bonds is 6. The second-order valence-corrected chi connectivity index (χ2v) is 5.64. The smallest absolute Gasteiger partial charge is 0.223 e. The highest BCUT2D eigenvalue weighted by Crippen LogP contribution is 2.13. The van der Waals surface area contributed by atoms with Crippen LogP contribution >= 0.6 is 0 Å². The zero-order valence-electron chi connectivity index (χ0n) is 13.7. The highest BCUT2D eigenvalue weighted by Gasteiger charge is 2.13. The van der Waals surface area contributed by atoms with Gasteiger partial charge in [0.25, 0.3) is 0 Å². The largest absolute Gasteiger partial charge is 0.339 e. The number of hydrogen-bond acceptors (Lipinski definition) is 2. The molecule has 0 aliphatic rings. The summed E-state index contributed by atoms with van der Waals surface area (Å²) in [6, 6.07) is 17.7. The molecule has 0 saturated carbocycles. The van der Waals surface area contributed by atoms with Crippen molar-refractivity contribution in [2.45, 2.75) is 33.2 Å². The second kappa shape index (κ2) is 8.14. The topological polar surface area (TPSA) is 44.1 Å². The highest BCUT2D eigenvalue weighted by atomic mass is 16.2. The first-order valence-electron chi connectivity index (χ1n) is 7.95. The number of aryl methyl sites for hydroxylation is 2. The predicted octanol–water partition coefficient (Wildman–Crippen LogP) is 3.85. The molecule has 0 saturated heterocycles. The first-order chi connectivity index (χ1) is 11.1. The van der Waals surface area contributed by atoms with Gasteiger partial charge in [-0.2, -0.15) is 5.26 Å². The van der Waals surface area contributed by atoms with Crippen LogP contribution in [0.25, 0.3) is 0 Å². The van der Waals surface area contributed by atoms with Crippen LogP contribution in [-0.4, -0.2) is 17.4 Å². The van der Waals surface area contributed by atoms with E-state index >= 15 is 0 Å². The van der Waals surface area contributed by atoms with Crippen molar-refractivity contribution in [3.63, 3.8) is 0 Å². The quantitative estimate of drug-likeness (QED) is 0.813. The van der Waals surface area contributed by atoms with Crippen LogP contribution in [0.15, 0.2) is 48.5 Å². The minimum Gasteiger partial charge on any atom is -0.339 e. The monoisotopic (exact) mass is 306 g/mol. The lowest BCUT2D eigenvalue weighted by atomic mass is 10.1. The van der Waals surface area contributed by atoms with Crippen LogP contribution in [-0.2, 0) is 17.8 Å². The summed E-state index contributed by atoms with van der Waals surface area (Å²) < 4.78 is 0. The van der Waals surface area contributed by atoms with E-state index < -0.39 is 0 Å². The summed E-state index contributed by atoms with van der Waals surface area (Å²) in [5.41, 5.74) is 4.14. The molecule has 3 nitrogen and oxygen atoms in total. The van der Waals surface area contributed by atoms with Crippen LogP contribution in [0, 0.1) is 18.3 Å². The molecule has 0 fully saturated rings. The lowest BCUT2D eigenvalue weighted by Gasteiger charge is -2.22. The zero-order valence-corrected chi connectivity index (χ0v) is 13.7. The van der Waals surface area contributed by atoms with Crippen molar-refractivity contribution < 1.29 is 4.79 Å². The Morgan fingerprint density at radius 3 is 2.43 bits per heavy atom. The molecule has 118 valence electrons. The van der Waals surface area contributed by atoms with Gasteiger partial charge in [0.05, 0.1) is 11.6 Å². The molecule has 0 heterocycles. The average Bonchev–Trinajstić information content (AvgIpc) is 2.59. The normalized spacial score (nSPS) is 10.1. The van der Waals surface area contributed by atoms with E-state index in [-0.39, 0.29) is 5.91 Å². The fourth-order valence-corrected chi connectivity index (χ4v) is 2.52. The SMILES string of the molecule is CCN(Cc1ccccc1C)C(=O)CCc1ccc(C#N)cc1. The summed E-state index contributed by atoms with van der Waals surface area (Å²) in [5, 5.41) is 8.80. The van der Waals surface area contributed by atoms with Crippen LogP contribution in [0.5, 0.6) is 0 Å². The van der Waals surface area contributed by atoms with Crippen LogP contribution in [0.2, 0.25) is 0 Å². The number of amides is 1. The molecule has 0 aliphatic heterocycles. The summed E-state index contributed by atoms with van der Waals surface area (Å²) in [5.74, 6) is 0.167. The second-order valence-electron chi connectivity index (χ2n) is 5.64. The van der Waals surface area contributed by atoms with E-state index in [1.54, 1.807) is 12.1 Å². The van der Waals surface area contributed by atoms with Gasteiger partial charge >= 0.3 is 0 Å². The van der Waals surface area contributed by atoms with Crippen molar-refractivity contribution in [3.05, 3.63) is 70.8 Å². The maximum atomic E-state index is 12.5. The van der Waals surface area contributed by atoms with Gasteiger partial charge in [-0.25, -0.2) is 0 Å². The van der Waals surface area contributed by atoms with E-state index in [2.05, 4.69) is 25.1 Å². The van der Waals surface area contributed by atoms with Crippen molar-refractivity contribution in [1.82, 2.24) is 4.90 Å². The first kappa shape index (κ1) is 16.8. The molecule has 0 bridgehead atoms. The molecule has 1 amide bonds. The lowest BCUT2D eigenvalue weighted by molar-refractivity contribution is -0.131. The standard InChI is InChI=1S/C20H22N2O/c1-3-22(15-19-7-5-4-6-16(19)2)20(23)13-12-17-8-10-18(14-21)11-9-17/h4-11H,3,12-13,15H2,1-2H3. The van der Waals surface area contributed by atoms with Gasteiger partial charge in [-0.05, 0) is 49.1 Å². The van der Waals surface area contributed by atoms with Crippen molar-refractivity contribution >= 4 is 5.91 Å². The fraction of sp³-hybridized carbons (Fsp3) is 0.300. The van der Waals surface area contributed by atoms with Crippen molar-refractivity contribution in [2.24, 2.45) is 0 Å². The average molecular weight is 306 g/mol. The molecule has 0 spiro atoms. The van der Waals surface area contributed by atoms with E-state index in [0.717, 1.165) is 5.56 Å². The molecule has 23 heavy (non-hydrogen) atoms. The molecule has 0 unspecified atom stereocenters. The molecular formula is C20H22N2O. The molecule has 2 rings (SSSR count). The Bertz CT molecular complexity index is 698. The number of carbonyl (C=O) groups excluding carboxylic acids is 1. The van der Waals surface area contributed by atoms with E-state index in [0.29, 0.717) is 31.5 Å². The molecule has 0 atom stereocenters. The van der Waals surface area contributed by atoms with Gasteiger partial charge in [-0.1, -0.05) is 36.4 Å². The molecule has 3 heteroatoms. The third-order valence-electron chi connectivity index (χ3n) is 4.07. The van der Waals surface area contributed by atoms with Crippen LogP contribution in [0.1, 0.15) is 35.6 Å². The van der Waals surface area contributed by atoms with Gasteiger partial charge in [0.1, 0.15) is 0 Å². The molecule has 2 aromatic rings. The molecule has 0 aliphatic carbocycles. The van der Waals surface area contributed by atoms with Crippen molar-refractivity contribution in [3.8, 4) is 6.07 Å². The predicted molar refractivity (Wildman–Crippen MR) is 91.7 cm³/mol. The third-order valence-corrected chi connectivity index (χ3v) is 4.07. The molecule has 0 N–H and O–H groups in total. The number of carbonyl (C=O) groups is 1. The highest BCUT2D eigenvalue weighted by molar-refractivity contribution is 5.76. The maximum absolute atomic E-state index is 12.5. The van der Waals surface area contributed by atoms with E-state index in [9.17, 15) is 4.79 Å². The minimum atomic E-state index is 0.167. The maximum Gasteiger partial charge on any atom is 0.223 e. The zero-order chi connectivity index (χ0) is 16.7. The van der Waals surface area contributed by atoms with Crippen molar-refractivity contribution in [2.75, 3.05) is 6.54 Å². The summed E-state index contributed by atoms with van der Waals surface area (Å²) in [6.45, 7) is 5.46. The van der Waals surface area contributed by atoms with Gasteiger partial charge in [0.15, 0.2) is 0 Å². The Kier molecular flexibility index (Phi) is 5.94. The summed E-state index contributed by atoms with van der Waals surface area (Å²) in [6.07, 6.45) is 1.19. The van der Waals surface area contributed by atoms with E-state index in [4.69, 9.17) is 5.26 Å². The van der Waals surface area contributed by atoms with Crippen LogP contribution in [0.4, 0.5) is 0 Å². The lowest BCUT2D eigenvalue weighted by Crippen LogP contribution is -2.30. The van der Waals surface area contributed by atoms with Gasteiger partial charge in [0.2, 0.25) is 5.91 Å². The Hall–Kier alpha value is -2.60. The Balaban J connectivity index is 1.94. The van der Waals surface area contributed by atoms with Crippen LogP contribution < -0.4 is 0 Å². The summed E-state index contributed by atoms with van der Waals surface area (Å²) >= 11 is 0. The molecule has 2 aromatic carbocycles. The van der Waals surface area contributed by atoms with Gasteiger partial charge in [-0.3, -0.25) is 4.79 Å². The van der Waals surface area contributed by atoms with Gasteiger partial charge < -0.3 is 4.90 Å². The molecular weight excluding hydrogens is 284 g/mol.